The Bertz CT molecular complexity index is 1520. The normalized spacial score (nSPS) is 11.9. The van der Waals surface area contributed by atoms with Crippen LogP contribution in [0.3, 0.4) is 0 Å². The molecular weight excluding hydrogens is 440 g/mol. The second-order valence-electron chi connectivity index (χ2n) is 9.69. The van der Waals surface area contributed by atoms with E-state index in [4.69, 9.17) is 20.0 Å². The Morgan fingerprint density at radius 1 is 0.500 bits per heavy atom. The highest BCUT2D eigenvalue weighted by Crippen LogP contribution is 2.27. The maximum atomic E-state index is 4.94. The number of aryl methyl sites for hydroxylation is 6. The van der Waals surface area contributed by atoms with Crippen LogP contribution < -0.4 is 0 Å². The molecule has 36 heavy (non-hydrogen) atoms. The van der Waals surface area contributed by atoms with Gasteiger partial charge >= 0.3 is 0 Å². The molecule has 2 heterocycles. The lowest BCUT2D eigenvalue weighted by molar-refractivity contribution is 1.28. The molecule has 0 saturated heterocycles. The Morgan fingerprint density at radius 3 is 1.19 bits per heavy atom. The van der Waals surface area contributed by atoms with Crippen LogP contribution in [0.4, 0.5) is 11.4 Å². The van der Waals surface area contributed by atoms with Gasteiger partial charge in [-0.1, -0.05) is 59.7 Å². The molecule has 0 aliphatic heterocycles. The monoisotopic (exact) mass is 470 g/mol. The number of benzene rings is 3. The minimum absolute atomic E-state index is 0.807. The van der Waals surface area contributed by atoms with E-state index < -0.39 is 0 Å². The SMILES string of the molecule is Cc1cc(C)c(N=Cc2ccc3ccc4ccc(C=Nc5c(C)cc(C)cc5C)nc4c3n2)c(C)c1. The highest BCUT2D eigenvalue weighted by Gasteiger charge is 2.07. The molecule has 5 rings (SSSR count). The number of nitrogens with zero attached hydrogens (tertiary/aromatic N) is 4. The van der Waals surface area contributed by atoms with Crippen LogP contribution in [0.5, 0.6) is 0 Å². The van der Waals surface area contributed by atoms with E-state index in [1.165, 1.54) is 33.4 Å². The number of aliphatic imine (C=N–C) groups is 2. The number of fused-ring (bicyclic) bond motifs is 3. The maximum Gasteiger partial charge on any atom is 0.0972 e. The fourth-order valence-electron chi connectivity index (χ4n) is 4.96. The van der Waals surface area contributed by atoms with Crippen LogP contribution in [0.2, 0.25) is 0 Å². The molecule has 0 bridgehead atoms. The van der Waals surface area contributed by atoms with Gasteiger partial charge in [0.15, 0.2) is 0 Å². The van der Waals surface area contributed by atoms with Crippen molar-refractivity contribution < 1.29 is 0 Å². The van der Waals surface area contributed by atoms with Crippen molar-refractivity contribution in [2.24, 2.45) is 9.98 Å². The Morgan fingerprint density at radius 2 is 0.833 bits per heavy atom. The summed E-state index contributed by atoms with van der Waals surface area (Å²) in [7, 11) is 0. The van der Waals surface area contributed by atoms with E-state index in [2.05, 4.69) is 90.1 Å². The molecule has 4 heteroatoms. The van der Waals surface area contributed by atoms with Crippen LogP contribution in [0.25, 0.3) is 21.8 Å². The molecule has 0 fully saturated rings. The number of rotatable bonds is 4. The third kappa shape index (κ3) is 4.67. The first kappa shape index (κ1) is 23.6. The topological polar surface area (TPSA) is 50.5 Å². The van der Waals surface area contributed by atoms with Crippen LogP contribution in [0.15, 0.2) is 70.6 Å². The summed E-state index contributed by atoms with van der Waals surface area (Å²) in [4.78, 5) is 19.4. The Kier molecular flexibility index (Phi) is 6.19. The number of pyridine rings is 2. The summed E-state index contributed by atoms with van der Waals surface area (Å²) < 4.78 is 0. The Hall–Kier alpha value is -4.18. The van der Waals surface area contributed by atoms with Crippen LogP contribution in [0, 0.1) is 41.5 Å². The highest BCUT2D eigenvalue weighted by molar-refractivity contribution is 6.04. The zero-order valence-corrected chi connectivity index (χ0v) is 21.7. The third-order valence-electron chi connectivity index (χ3n) is 6.49. The lowest BCUT2D eigenvalue weighted by atomic mass is 10.1. The van der Waals surface area contributed by atoms with E-state index in [0.717, 1.165) is 44.6 Å². The molecule has 0 aliphatic rings. The standard InChI is InChI=1S/C32H30N4/c1-19-13-21(3)29(22(4)14-19)33-17-27-11-9-25-7-8-26-10-12-28(36-32(26)31(25)35-27)18-34-30-23(5)15-20(2)16-24(30)6/h7-18H,1-6H3. The average Bonchev–Trinajstić information content (AvgIpc) is 2.82. The molecule has 0 unspecified atom stereocenters. The Balaban J connectivity index is 1.55. The largest absolute Gasteiger partial charge is 0.254 e. The molecule has 5 aromatic rings. The van der Waals surface area contributed by atoms with Gasteiger partial charge < -0.3 is 0 Å². The summed E-state index contributed by atoms with van der Waals surface area (Å²) in [5.74, 6) is 0. The van der Waals surface area contributed by atoms with Crippen molar-refractivity contribution in [1.29, 1.82) is 0 Å². The van der Waals surface area contributed by atoms with Gasteiger partial charge in [0.1, 0.15) is 0 Å². The lowest BCUT2D eigenvalue weighted by Gasteiger charge is -2.07. The number of hydrogen-bond acceptors (Lipinski definition) is 4. The van der Waals surface area contributed by atoms with E-state index in [0.29, 0.717) is 0 Å². The van der Waals surface area contributed by atoms with Crippen molar-refractivity contribution in [1.82, 2.24) is 9.97 Å². The third-order valence-corrected chi connectivity index (χ3v) is 6.49. The van der Waals surface area contributed by atoms with Crippen LogP contribution in [0.1, 0.15) is 44.8 Å². The molecule has 0 radical (unpaired) electrons. The van der Waals surface area contributed by atoms with E-state index in [9.17, 15) is 0 Å². The molecule has 0 N–H and O–H groups in total. The van der Waals surface area contributed by atoms with Crippen molar-refractivity contribution in [3.8, 4) is 0 Å². The molecule has 0 spiro atoms. The second-order valence-corrected chi connectivity index (χ2v) is 9.69. The zero-order valence-electron chi connectivity index (χ0n) is 21.7. The average molecular weight is 471 g/mol. The van der Waals surface area contributed by atoms with E-state index >= 15 is 0 Å². The molecule has 0 atom stereocenters. The van der Waals surface area contributed by atoms with Gasteiger partial charge in [-0.15, -0.1) is 0 Å². The van der Waals surface area contributed by atoms with Crippen molar-refractivity contribution in [3.63, 3.8) is 0 Å². The van der Waals surface area contributed by atoms with Crippen molar-refractivity contribution in [3.05, 3.63) is 105 Å². The minimum Gasteiger partial charge on any atom is -0.254 e. The summed E-state index contributed by atoms with van der Waals surface area (Å²) in [6, 6.07) is 21.0. The van der Waals surface area contributed by atoms with Crippen LogP contribution in [-0.4, -0.2) is 22.4 Å². The quantitative estimate of drug-likeness (QED) is 0.197. The fraction of sp³-hybridized carbons (Fsp3) is 0.188. The lowest BCUT2D eigenvalue weighted by Crippen LogP contribution is -1.94. The van der Waals surface area contributed by atoms with Gasteiger partial charge in [0.05, 0.1) is 46.2 Å². The van der Waals surface area contributed by atoms with Gasteiger partial charge in [-0.05, 0) is 75.9 Å². The Labute approximate surface area is 212 Å². The summed E-state index contributed by atoms with van der Waals surface area (Å²) in [6.45, 7) is 12.6. The molecule has 4 nitrogen and oxygen atoms in total. The van der Waals surface area contributed by atoms with Crippen molar-refractivity contribution in [2.45, 2.75) is 41.5 Å². The van der Waals surface area contributed by atoms with Crippen LogP contribution in [-0.2, 0) is 0 Å². The van der Waals surface area contributed by atoms with Crippen molar-refractivity contribution in [2.75, 3.05) is 0 Å². The van der Waals surface area contributed by atoms with Gasteiger partial charge in [-0.25, -0.2) is 9.97 Å². The smallest absolute Gasteiger partial charge is 0.0972 e. The van der Waals surface area contributed by atoms with Gasteiger partial charge in [0.25, 0.3) is 0 Å². The molecule has 0 aliphatic carbocycles. The van der Waals surface area contributed by atoms with Gasteiger partial charge in [-0.2, -0.15) is 0 Å². The van der Waals surface area contributed by atoms with Gasteiger partial charge in [0, 0.05) is 10.8 Å². The minimum atomic E-state index is 0.807. The van der Waals surface area contributed by atoms with E-state index in [-0.39, 0.29) is 0 Å². The highest BCUT2D eigenvalue weighted by atomic mass is 14.8. The first-order valence-corrected chi connectivity index (χ1v) is 12.2. The number of hydrogen-bond donors (Lipinski definition) is 0. The molecule has 3 aromatic carbocycles. The number of aromatic nitrogens is 2. The molecule has 0 amide bonds. The molecular formula is C32H30N4. The van der Waals surface area contributed by atoms with E-state index in [1.54, 1.807) is 0 Å². The summed E-state index contributed by atoms with van der Waals surface area (Å²) in [6.07, 6.45) is 3.69. The summed E-state index contributed by atoms with van der Waals surface area (Å²) in [5, 5.41) is 2.10. The van der Waals surface area contributed by atoms with Gasteiger partial charge in [-0.3, -0.25) is 9.98 Å². The van der Waals surface area contributed by atoms with Crippen LogP contribution >= 0.6 is 0 Å². The first-order valence-electron chi connectivity index (χ1n) is 12.2. The predicted molar refractivity (Wildman–Crippen MR) is 153 cm³/mol. The zero-order chi connectivity index (χ0) is 25.4. The summed E-state index contributed by atoms with van der Waals surface area (Å²) >= 11 is 0. The predicted octanol–water partition coefficient (Wildman–Crippen LogP) is 8.13. The van der Waals surface area contributed by atoms with E-state index in [1.807, 2.05) is 24.6 Å². The molecule has 2 aromatic heterocycles. The maximum absolute atomic E-state index is 4.94. The molecule has 0 saturated carbocycles. The first-order chi connectivity index (χ1) is 17.3. The van der Waals surface area contributed by atoms with Crippen molar-refractivity contribution >= 4 is 45.6 Å². The molecule has 178 valence electrons. The fourth-order valence-corrected chi connectivity index (χ4v) is 4.96. The second kappa shape index (κ2) is 9.46. The summed E-state index contributed by atoms with van der Waals surface area (Å²) in [5.41, 5.74) is 12.5. The van der Waals surface area contributed by atoms with Gasteiger partial charge in [0.2, 0.25) is 0 Å².